The molecule has 39 heavy (non-hydrogen) atoms. The first-order chi connectivity index (χ1) is 18.4. The smallest absolute Gasteiger partial charge is 0.302 e. The van der Waals surface area contributed by atoms with E-state index in [2.05, 4.69) is 10.3 Å². The van der Waals surface area contributed by atoms with Gasteiger partial charge >= 0.3 is 6.18 Å². The highest BCUT2D eigenvalue weighted by molar-refractivity contribution is 7.93. The third-order valence-electron chi connectivity index (χ3n) is 6.58. The van der Waals surface area contributed by atoms with Crippen molar-refractivity contribution in [3.63, 3.8) is 0 Å². The van der Waals surface area contributed by atoms with Crippen molar-refractivity contribution < 1.29 is 26.4 Å². The Morgan fingerprint density at radius 1 is 1.05 bits per heavy atom. The Bertz CT molecular complexity index is 1680. The fourth-order valence-corrected chi connectivity index (χ4v) is 7.32. The number of alkyl halides is 3. The van der Waals surface area contributed by atoms with E-state index in [0.29, 0.717) is 29.9 Å². The van der Waals surface area contributed by atoms with Gasteiger partial charge in [0.05, 0.1) is 28.3 Å². The van der Waals surface area contributed by atoms with Gasteiger partial charge in [0.1, 0.15) is 0 Å². The number of hydrogen-bond donors (Lipinski definition) is 1. The highest BCUT2D eigenvalue weighted by Crippen LogP contribution is 2.38. The van der Waals surface area contributed by atoms with Crippen molar-refractivity contribution in [3.8, 4) is 11.3 Å². The van der Waals surface area contributed by atoms with Crippen LogP contribution in [0.2, 0.25) is 0 Å². The van der Waals surface area contributed by atoms with Gasteiger partial charge in [-0.25, -0.2) is 13.4 Å². The predicted octanol–water partition coefficient (Wildman–Crippen LogP) is 6.38. The number of sulfonamides is 1. The molecule has 1 amide bonds. The number of carbonyl (C=O) groups excluding carboxylic acids is 1. The van der Waals surface area contributed by atoms with Crippen molar-refractivity contribution in [1.29, 1.82) is 0 Å². The number of amides is 1. The lowest BCUT2D eigenvalue weighted by Crippen LogP contribution is -2.29. The van der Waals surface area contributed by atoms with Crippen molar-refractivity contribution in [3.05, 3.63) is 93.9 Å². The lowest BCUT2D eigenvalue weighted by Gasteiger charge is -2.21. The van der Waals surface area contributed by atoms with Crippen LogP contribution in [0.4, 0.5) is 24.0 Å². The van der Waals surface area contributed by atoms with Gasteiger partial charge in [-0.1, -0.05) is 42.5 Å². The number of rotatable bonds is 6. The zero-order valence-electron chi connectivity index (χ0n) is 21.0. The fourth-order valence-electron chi connectivity index (χ4n) is 4.74. The van der Waals surface area contributed by atoms with E-state index in [0.717, 1.165) is 22.1 Å². The highest BCUT2D eigenvalue weighted by Gasteiger charge is 2.34. The summed E-state index contributed by atoms with van der Waals surface area (Å²) in [7, 11) is -3.71. The third kappa shape index (κ3) is 5.28. The third-order valence-corrected chi connectivity index (χ3v) is 9.44. The number of aryl methyl sites for hydroxylation is 2. The van der Waals surface area contributed by atoms with Crippen molar-refractivity contribution in [2.75, 3.05) is 16.2 Å². The van der Waals surface area contributed by atoms with E-state index in [-0.39, 0.29) is 15.6 Å². The molecule has 1 aliphatic rings. The van der Waals surface area contributed by atoms with Gasteiger partial charge in [0, 0.05) is 17.0 Å². The molecule has 0 bridgehead atoms. The van der Waals surface area contributed by atoms with Crippen LogP contribution in [0.1, 0.15) is 27.1 Å². The van der Waals surface area contributed by atoms with E-state index in [1.54, 1.807) is 43.3 Å². The summed E-state index contributed by atoms with van der Waals surface area (Å²) >= 11 is 1.22. The Kier molecular flexibility index (Phi) is 6.98. The van der Waals surface area contributed by atoms with Crippen LogP contribution >= 0.6 is 11.3 Å². The maximum atomic E-state index is 13.4. The lowest BCUT2D eigenvalue weighted by atomic mass is 10.0. The summed E-state index contributed by atoms with van der Waals surface area (Å²) in [5, 5.41) is 2.90. The summed E-state index contributed by atoms with van der Waals surface area (Å²) in [5.74, 6) is -0.599. The largest absolute Gasteiger partial charge is 0.416 e. The van der Waals surface area contributed by atoms with Crippen LogP contribution in [0, 0.1) is 13.8 Å². The minimum atomic E-state index is -4.55. The normalized spacial score (nSPS) is 13.4. The maximum absolute atomic E-state index is 13.4. The first-order valence-electron chi connectivity index (χ1n) is 12.1. The molecule has 4 aromatic rings. The summed E-state index contributed by atoms with van der Waals surface area (Å²) in [5.41, 5.74) is 2.59. The Balaban J connectivity index is 1.35. The summed E-state index contributed by atoms with van der Waals surface area (Å²) < 4.78 is 68.0. The number of thiazole rings is 1. The second-order valence-corrected chi connectivity index (χ2v) is 12.3. The second kappa shape index (κ2) is 10.1. The van der Waals surface area contributed by atoms with Gasteiger partial charge in [0.25, 0.3) is 10.0 Å². The quantitative estimate of drug-likeness (QED) is 0.291. The van der Waals surface area contributed by atoms with Crippen LogP contribution in [0.15, 0.2) is 71.6 Å². The van der Waals surface area contributed by atoms with Crippen LogP contribution in [0.25, 0.3) is 11.3 Å². The number of halogens is 3. The van der Waals surface area contributed by atoms with E-state index in [1.807, 2.05) is 13.0 Å². The van der Waals surface area contributed by atoms with E-state index in [1.165, 1.54) is 33.8 Å². The van der Waals surface area contributed by atoms with Crippen molar-refractivity contribution >= 4 is 38.1 Å². The zero-order valence-corrected chi connectivity index (χ0v) is 22.7. The molecule has 0 saturated carbocycles. The highest BCUT2D eigenvalue weighted by atomic mass is 32.2. The van der Waals surface area contributed by atoms with Gasteiger partial charge in [-0.3, -0.25) is 9.10 Å². The molecule has 0 aliphatic carbocycles. The van der Waals surface area contributed by atoms with Gasteiger partial charge in [-0.2, -0.15) is 13.2 Å². The minimum absolute atomic E-state index is 0.111. The lowest BCUT2D eigenvalue weighted by molar-refractivity contribution is -0.138. The Morgan fingerprint density at radius 3 is 2.51 bits per heavy atom. The standard InChI is InChI=1S/C28H24F3N3O3S2/c1-17-7-3-6-10-24(17)39(36,37)34-14-13-20-15-21(11-12-23(20)34)26-18(2)38-27(33-26)32-25(35)16-19-8-4-5-9-22(19)28(29,30)31/h3-12,15H,13-14,16H2,1-2H3,(H,32,33,35). The predicted molar refractivity (Wildman–Crippen MR) is 145 cm³/mol. The van der Waals surface area contributed by atoms with Gasteiger partial charge in [0.2, 0.25) is 5.91 Å². The van der Waals surface area contributed by atoms with Crippen LogP contribution in [-0.2, 0) is 33.8 Å². The molecule has 3 aromatic carbocycles. The molecule has 202 valence electrons. The van der Waals surface area contributed by atoms with E-state index >= 15 is 0 Å². The van der Waals surface area contributed by atoms with E-state index in [4.69, 9.17) is 0 Å². The average molecular weight is 572 g/mol. The monoisotopic (exact) mass is 571 g/mol. The van der Waals surface area contributed by atoms with Crippen molar-refractivity contribution in [2.45, 2.75) is 37.8 Å². The number of fused-ring (bicyclic) bond motifs is 1. The number of benzene rings is 3. The molecule has 0 spiro atoms. The SMILES string of the molecule is Cc1ccccc1S(=O)(=O)N1CCc2cc(-c3nc(NC(=O)Cc4ccccc4C(F)(F)F)sc3C)ccc21. The Morgan fingerprint density at radius 2 is 1.77 bits per heavy atom. The molecule has 1 aromatic heterocycles. The first kappa shape index (κ1) is 26.9. The van der Waals surface area contributed by atoms with Gasteiger partial charge in [-0.05, 0) is 61.2 Å². The molecule has 5 rings (SSSR count). The Hall–Kier alpha value is -3.70. The number of nitrogens with one attached hydrogen (secondary N) is 1. The molecular formula is C28H24F3N3O3S2. The number of aromatic nitrogens is 1. The summed E-state index contributed by atoms with van der Waals surface area (Å²) in [6.45, 7) is 3.93. The molecule has 0 unspecified atom stereocenters. The van der Waals surface area contributed by atoms with Gasteiger partial charge < -0.3 is 5.32 Å². The molecule has 0 fully saturated rings. The van der Waals surface area contributed by atoms with Crippen LogP contribution < -0.4 is 9.62 Å². The van der Waals surface area contributed by atoms with Crippen molar-refractivity contribution in [1.82, 2.24) is 4.98 Å². The molecule has 1 N–H and O–H groups in total. The minimum Gasteiger partial charge on any atom is -0.302 e. The number of anilines is 2. The molecule has 1 aliphatic heterocycles. The van der Waals surface area contributed by atoms with Crippen molar-refractivity contribution in [2.24, 2.45) is 0 Å². The molecule has 11 heteroatoms. The summed E-state index contributed by atoms with van der Waals surface area (Å²) in [6.07, 6.45) is -4.45. The summed E-state index contributed by atoms with van der Waals surface area (Å²) in [6, 6.07) is 17.3. The van der Waals surface area contributed by atoms with Gasteiger partial charge in [0.15, 0.2) is 5.13 Å². The molecule has 2 heterocycles. The zero-order chi connectivity index (χ0) is 27.9. The topological polar surface area (TPSA) is 79.4 Å². The number of hydrogen-bond acceptors (Lipinski definition) is 5. The average Bonchev–Trinajstić information content (AvgIpc) is 3.46. The van der Waals surface area contributed by atoms with E-state index < -0.39 is 34.1 Å². The molecule has 0 radical (unpaired) electrons. The van der Waals surface area contributed by atoms with Crippen LogP contribution in [0.5, 0.6) is 0 Å². The van der Waals surface area contributed by atoms with Crippen LogP contribution in [0.3, 0.4) is 0 Å². The number of nitrogens with zero attached hydrogens (tertiary/aromatic N) is 2. The van der Waals surface area contributed by atoms with Gasteiger partial charge in [-0.15, -0.1) is 11.3 Å². The molecule has 6 nitrogen and oxygen atoms in total. The fraction of sp³-hybridized carbons (Fsp3) is 0.214. The molecule has 0 atom stereocenters. The number of carbonyl (C=O) groups is 1. The van der Waals surface area contributed by atoms with E-state index in [9.17, 15) is 26.4 Å². The second-order valence-electron chi connectivity index (χ2n) is 9.24. The first-order valence-corrected chi connectivity index (χ1v) is 14.3. The van der Waals surface area contributed by atoms with Crippen LogP contribution in [-0.4, -0.2) is 25.9 Å². The maximum Gasteiger partial charge on any atom is 0.416 e. The molecule has 0 saturated heterocycles. The Labute approximate surface area is 228 Å². The molecular weight excluding hydrogens is 547 g/mol. The summed E-state index contributed by atoms with van der Waals surface area (Å²) in [4.78, 5) is 18.2.